The van der Waals surface area contributed by atoms with E-state index in [0.29, 0.717) is 38.4 Å². The summed E-state index contributed by atoms with van der Waals surface area (Å²) < 4.78 is 0. The Labute approximate surface area is 212 Å². The molecule has 1 saturated carbocycles. The van der Waals surface area contributed by atoms with Gasteiger partial charge in [0.1, 0.15) is 5.54 Å². The van der Waals surface area contributed by atoms with Crippen LogP contribution in [0.5, 0.6) is 0 Å². The van der Waals surface area contributed by atoms with Crippen molar-refractivity contribution in [3.05, 3.63) is 92.4 Å². The molecule has 1 unspecified atom stereocenters. The number of rotatable bonds is 6. The molecule has 2 aliphatic rings. The van der Waals surface area contributed by atoms with Crippen LogP contribution in [-0.4, -0.2) is 17.9 Å². The van der Waals surface area contributed by atoms with Gasteiger partial charge in [0.05, 0.1) is 5.56 Å². The predicted molar refractivity (Wildman–Crippen MR) is 137 cm³/mol. The maximum atomic E-state index is 13.6. The molecule has 0 bridgehead atoms. The normalized spacial score (nSPS) is 19.2. The SMILES string of the molecule is O=C(NC1CCC1)c1ccc(Cl)cc1NC1(Cc2cccc(Cl)c2)C(=O)Nc2cc(Cl)ccc21. The zero-order valence-electron chi connectivity index (χ0n) is 18.1. The highest BCUT2D eigenvalue weighted by Crippen LogP contribution is 2.43. The van der Waals surface area contributed by atoms with E-state index in [0.717, 1.165) is 30.4 Å². The second-order valence-electron chi connectivity index (χ2n) is 8.77. The van der Waals surface area contributed by atoms with Crippen molar-refractivity contribution in [1.82, 2.24) is 5.32 Å². The van der Waals surface area contributed by atoms with Gasteiger partial charge in [0, 0.05) is 44.5 Å². The Balaban J connectivity index is 1.60. The van der Waals surface area contributed by atoms with Gasteiger partial charge in [0.2, 0.25) is 0 Å². The highest BCUT2D eigenvalue weighted by molar-refractivity contribution is 6.32. The van der Waals surface area contributed by atoms with Crippen LogP contribution in [-0.2, 0) is 16.8 Å². The van der Waals surface area contributed by atoms with Gasteiger partial charge in [-0.25, -0.2) is 0 Å². The highest BCUT2D eigenvalue weighted by Gasteiger charge is 2.47. The second kappa shape index (κ2) is 9.14. The van der Waals surface area contributed by atoms with Crippen molar-refractivity contribution in [2.75, 3.05) is 10.6 Å². The molecule has 0 radical (unpaired) electrons. The number of amides is 2. The van der Waals surface area contributed by atoms with Gasteiger partial charge in [-0.15, -0.1) is 0 Å². The molecular weight excluding hydrogens is 493 g/mol. The molecule has 1 heterocycles. The average molecular weight is 515 g/mol. The van der Waals surface area contributed by atoms with Crippen molar-refractivity contribution < 1.29 is 9.59 Å². The number of hydrogen-bond acceptors (Lipinski definition) is 3. The third-order valence-electron chi connectivity index (χ3n) is 6.45. The molecule has 5 nitrogen and oxygen atoms in total. The summed E-state index contributed by atoms with van der Waals surface area (Å²) in [6, 6.07) is 17.9. The Hall–Kier alpha value is -2.73. The summed E-state index contributed by atoms with van der Waals surface area (Å²) in [6.07, 6.45) is 3.35. The molecule has 3 aromatic carbocycles. The minimum atomic E-state index is -1.21. The van der Waals surface area contributed by atoms with Gasteiger partial charge in [-0.1, -0.05) is 53.0 Å². The van der Waals surface area contributed by atoms with Gasteiger partial charge < -0.3 is 16.0 Å². The monoisotopic (exact) mass is 513 g/mol. The summed E-state index contributed by atoms with van der Waals surface area (Å²) in [4.78, 5) is 26.7. The first-order valence-corrected chi connectivity index (χ1v) is 12.2. The van der Waals surface area contributed by atoms with E-state index in [2.05, 4.69) is 16.0 Å². The fourth-order valence-corrected chi connectivity index (χ4v) is 5.06. The van der Waals surface area contributed by atoms with Crippen LogP contribution in [0.4, 0.5) is 11.4 Å². The van der Waals surface area contributed by atoms with E-state index in [-0.39, 0.29) is 17.9 Å². The molecule has 2 amide bonds. The lowest BCUT2D eigenvalue weighted by Crippen LogP contribution is -2.45. The van der Waals surface area contributed by atoms with Crippen LogP contribution < -0.4 is 16.0 Å². The van der Waals surface area contributed by atoms with Crippen molar-refractivity contribution in [1.29, 1.82) is 0 Å². The van der Waals surface area contributed by atoms with Gasteiger partial charge in [-0.3, -0.25) is 9.59 Å². The second-order valence-corrected chi connectivity index (χ2v) is 10.1. The molecule has 5 rings (SSSR count). The van der Waals surface area contributed by atoms with Crippen LogP contribution >= 0.6 is 34.8 Å². The molecule has 1 fully saturated rings. The molecular formula is C26H22Cl3N3O2. The number of anilines is 2. The summed E-state index contributed by atoms with van der Waals surface area (Å²) in [7, 11) is 0. The van der Waals surface area contributed by atoms with Crippen molar-refractivity contribution in [2.24, 2.45) is 0 Å². The Morgan fingerprint density at radius 2 is 1.71 bits per heavy atom. The van der Waals surface area contributed by atoms with Crippen LogP contribution in [0, 0.1) is 0 Å². The largest absolute Gasteiger partial charge is 0.367 e. The Bertz CT molecular complexity index is 1290. The number of hydrogen-bond donors (Lipinski definition) is 3. The zero-order valence-corrected chi connectivity index (χ0v) is 20.4. The standard InChI is InChI=1S/C26H22Cl3N3O2/c27-16-4-1-3-15(11-16)14-26(21-10-8-18(29)13-23(21)31-25(26)34)32-22-12-17(28)7-9-20(22)24(33)30-19-5-2-6-19/h1,3-4,7-13,19,32H,2,5-6,14H2,(H,30,33)(H,31,34). The van der Waals surface area contributed by atoms with Crippen LogP contribution in [0.1, 0.15) is 40.7 Å². The van der Waals surface area contributed by atoms with Crippen molar-refractivity contribution >= 4 is 58.0 Å². The van der Waals surface area contributed by atoms with Gasteiger partial charge in [-0.05, 0) is 67.3 Å². The molecule has 1 atom stereocenters. The first kappa shape index (κ1) is 23.0. The van der Waals surface area contributed by atoms with Gasteiger partial charge >= 0.3 is 0 Å². The van der Waals surface area contributed by atoms with Crippen molar-refractivity contribution in [2.45, 2.75) is 37.3 Å². The summed E-state index contributed by atoms with van der Waals surface area (Å²) in [5.74, 6) is -0.452. The molecule has 0 saturated heterocycles. The van der Waals surface area contributed by atoms with Crippen LogP contribution in [0.15, 0.2) is 60.7 Å². The predicted octanol–water partition coefficient (Wildman–Crippen LogP) is 6.43. The van der Waals surface area contributed by atoms with Crippen LogP contribution in [0.3, 0.4) is 0 Å². The fourth-order valence-electron chi connectivity index (χ4n) is 4.50. The van der Waals surface area contributed by atoms with Gasteiger partial charge in [0.25, 0.3) is 11.8 Å². The molecule has 3 aromatic rings. The molecule has 34 heavy (non-hydrogen) atoms. The van der Waals surface area contributed by atoms with E-state index in [1.54, 1.807) is 36.4 Å². The summed E-state index contributed by atoms with van der Waals surface area (Å²) in [5, 5.41) is 11.0. The van der Waals surface area contributed by atoms with Gasteiger partial charge in [-0.2, -0.15) is 0 Å². The third kappa shape index (κ3) is 4.36. The van der Waals surface area contributed by atoms with Gasteiger partial charge in [0.15, 0.2) is 0 Å². The van der Waals surface area contributed by atoms with E-state index in [4.69, 9.17) is 34.8 Å². The van der Waals surface area contributed by atoms with Crippen molar-refractivity contribution in [3.63, 3.8) is 0 Å². The maximum absolute atomic E-state index is 13.6. The smallest absolute Gasteiger partial charge is 0.255 e. The van der Waals surface area contributed by atoms with E-state index in [1.807, 2.05) is 24.3 Å². The number of carbonyl (C=O) groups excluding carboxylic acids is 2. The van der Waals surface area contributed by atoms with Crippen molar-refractivity contribution in [3.8, 4) is 0 Å². The first-order chi connectivity index (χ1) is 16.3. The van der Waals surface area contributed by atoms with Crippen LogP contribution in [0.25, 0.3) is 0 Å². The first-order valence-electron chi connectivity index (χ1n) is 11.1. The third-order valence-corrected chi connectivity index (χ3v) is 7.16. The minimum Gasteiger partial charge on any atom is -0.367 e. The molecule has 3 N–H and O–H groups in total. The lowest BCUT2D eigenvalue weighted by atomic mass is 9.84. The molecule has 8 heteroatoms. The summed E-state index contributed by atoms with van der Waals surface area (Å²) >= 11 is 18.8. The number of carbonyl (C=O) groups is 2. The number of benzene rings is 3. The molecule has 1 aliphatic carbocycles. The highest BCUT2D eigenvalue weighted by atomic mass is 35.5. The van der Waals surface area contributed by atoms with E-state index in [1.165, 1.54) is 0 Å². The maximum Gasteiger partial charge on any atom is 0.255 e. The topological polar surface area (TPSA) is 70.2 Å². The Morgan fingerprint density at radius 3 is 2.44 bits per heavy atom. The number of nitrogens with one attached hydrogen (secondary N) is 3. The zero-order chi connectivity index (χ0) is 23.9. The quantitative estimate of drug-likeness (QED) is 0.355. The lowest BCUT2D eigenvalue weighted by molar-refractivity contribution is -0.119. The molecule has 0 spiro atoms. The Morgan fingerprint density at radius 1 is 0.971 bits per heavy atom. The number of halogens is 3. The lowest BCUT2D eigenvalue weighted by Gasteiger charge is -2.32. The fraction of sp³-hybridized carbons (Fsp3) is 0.231. The van der Waals surface area contributed by atoms with E-state index >= 15 is 0 Å². The van der Waals surface area contributed by atoms with Crippen LogP contribution in [0.2, 0.25) is 15.1 Å². The average Bonchev–Trinajstić information content (AvgIpc) is 3.01. The molecule has 0 aromatic heterocycles. The molecule has 1 aliphatic heterocycles. The number of fused-ring (bicyclic) bond motifs is 1. The Kier molecular flexibility index (Phi) is 6.19. The minimum absolute atomic E-state index is 0.175. The summed E-state index contributed by atoms with van der Waals surface area (Å²) in [5.41, 5.74) is 1.91. The van der Waals surface area contributed by atoms with E-state index < -0.39 is 5.54 Å². The molecule has 174 valence electrons. The summed E-state index contributed by atoms with van der Waals surface area (Å²) in [6.45, 7) is 0. The van der Waals surface area contributed by atoms with E-state index in [9.17, 15) is 9.59 Å².